The van der Waals surface area contributed by atoms with Crippen LogP contribution in [0, 0.1) is 30.1 Å². The molecule has 0 aromatic heterocycles. The number of benzene rings is 2. The number of amides is 1. The van der Waals surface area contributed by atoms with Gasteiger partial charge < -0.3 is 5.32 Å². The summed E-state index contributed by atoms with van der Waals surface area (Å²) in [7, 11) is 0. The molecule has 2 aromatic carbocycles. The van der Waals surface area contributed by atoms with Crippen molar-refractivity contribution in [1.82, 2.24) is 0 Å². The van der Waals surface area contributed by atoms with Crippen LogP contribution in [0.1, 0.15) is 92.4 Å². The third-order valence-electron chi connectivity index (χ3n) is 6.82. The molecule has 1 N–H and O–H groups in total. The molecule has 0 bridgehead atoms. The van der Waals surface area contributed by atoms with Crippen molar-refractivity contribution < 1.29 is 9.59 Å². The van der Waals surface area contributed by atoms with Gasteiger partial charge in [-0.2, -0.15) is 5.26 Å². The van der Waals surface area contributed by atoms with Crippen LogP contribution in [0.15, 0.2) is 36.4 Å². The van der Waals surface area contributed by atoms with Crippen LogP contribution in [0.3, 0.4) is 0 Å². The van der Waals surface area contributed by atoms with Crippen molar-refractivity contribution in [3.05, 3.63) is 64.2 Å². The van der Waals surface area contributed by atoms with E-state index in [0.29, 0.717) is 5.56 Å². The molecule has 0 radical (unpaired) electrons. The Balaban J connectivity index is 0.000000273. The molecule has 4 heteroatoms. The Bertz CT molecular complexity index is 995. The number of aryl methyl sites for hydroxylation is 2. The first-order chi connectivity index (χ1) is 15.8. The first kappa shape index (κ1) is 26.3. The molecule has 1 fully saturated rings. The minimum Gasteiger partial charge on any atom is -0.326 e. The van der Waals surface area contributed by atoms with Crippen molar-refractivity contribution in [2.24, 2.45) is 11.8 Å². The Hall–Kier alpha value is -2.93. The quantitative estimate of drug-likeness (QED) is 0.484. The van der Waals surface area contributed by atoms with Crippen LogP contribution in [0.4, 0.5) is 5.69 Å². The zero-order chi connectivity index (χ0) is 24.4. The predicted molar refractivity (Wildman–Crippen MR) is 135 cm³/mol. The number of hydrogen-bond donors (Lipinski definition) is 1. The van der Waals surface area contributed by atoms with Gasteiger partial charge in [0, 0.05) is 17.2 Å². The second-order valence-electron chi connectivity index (χ2n) is 8.96. The van der Waals surface area contributed by atoms with Crippen molar-refractivity contribution in [3.8, 4) is 6.07 Å². The lowest BCUT2D eigenvalue weighted by atomic mass is 9.80. The molecule has 0 unspecified atom stereocenters. The third-order valence-corrected chi connectivity index (χ3v) is 6.82. The molecule has 2 aromatic rings. The maximum Gasteiger partial charge on any atom is 0.227 e. The number of carbonyl (C=O) groups is 2. The van der Waals surface area contributed by atoms with Gasteiger partial charge in [-0.05, 0) is 87.1 Å². The summed E-state index contributed by atoms with van der Waals surface area (Å²) in [6.07, 6.45) is 7.28. The number of nitrogens with one attached hydrogen (secondary N) is 1. The van der Waals surface area contributed by atoms with Crippen molar-refractivity contribution in [1.29, 1.82) is 5.26 Å². The van der Waals surface area contributed by atoms with Gasteiger partial charge in [-0.15, -0.1) is 0 Å². The van der Waals surface area contributed by atoms with E-state index in [0.717, 1.165) is 61.3 Å². The molecule has 33 heavy (non-hydrogen) atoms. The van der Waals surface area contributed by atoms with Crippen molar-refractivity contribution in [2.45, 2.75) is 79.6 Å². The fourth-order valence-corrected chi connectivity index (χ4v) is 4.65. The normalized spacial score (nSPS) is 17.3. The summed E-state index contributed by atoms with van der Waals surface area (Å²) >= 11 is 0. The Morgan fingerprint density at radius 3 is 2.24 bits per heavy atom. The first-order valence-corrected chi connectivity index (χ1v) is 12.3. The monoisotopic (exact) mass is 446 g/mol. The maximum absolute atomic E-state index is 12.3. The SMILES string of the molecule is CCc1c(C)cccc1C(C)=O.CCc1ccc(NC(=O)C2CCC(CC)CC2)cc1C#N. The Kier molecular flexibility index (Phi) is 10.3. The molecule has 0 saturated heterocycles. The van der Waals surface area contributed by atoms with E-state index in [1.165, 1.54) is 17.5 Å². The molecule has 3 rings (SSSR count). The lowest BCUT2D eigenvalue weighted by Gasteiger charge is -2.27. The van der Waals surface area contributed by atoms with Gasteiger partial charge in [0.05, 0.1) is 11.6 Å². The lowest BCUT2D eigenvalue weighted by molar-refractivity contribution is -0.121. The number of rotatable bonds is 6. The summed E-state index contributed by atoms with van der Waals surface area (Å²) in [6.45, 7) is 10.00. The van der Waals surface area contributed by atoms with Crippen molar-refractivity contribution in [2.75, 3.05) is 5.32 Å². The van der Waals surface area contributed by atoms with E-state index in [2.05, 4.69) is 25.2 Å². The highest BCUT2D eigenvalue weighted by molar-refractivity contribution is 5.95. The molecule has 1 aliphatic rings. The Labute approximate surface area is 199 Å². The minimum atomic E-state index is 0.109. The highest BCUT2D eigenvalue weighted by atomic mass is 16.2. The van der Waals surface area contributed by atoms with Gasteiger partial charge in [0.2, 0.25) is 5.91 Å². The molecule has 176 valence electrons. The largest absolute Gasteiger partial charge is 0.326 e. The average molecular weight is 447 g/mol. The number of Topliss-reactive ketones (excluding diaryl/α,β-unsaturated/α-hetero) is 1. The van der Waals surface area contributed by atoms with Gasteiger partial charge in [0.15, 0.2) is 5.78 Å². The average Bonchev–Trinajstić information content (AvgIpc) is 2.84. The van der Waals surface area contributed by atoms with E-state index in [1.807, 2.05) is 44.2 Å². The summed E-state index contributed by atoms with van der Waals surface area (Å²) in [5.41, 5.74) is 5.70. The van der Waals surface area contributed by atoms with E-state index in [1.54, 1.807) is 13.0 Å². The maximum atomic E-state index is 12.3. The van der Waals surface area contributed by atoms with Crippen LogP contribution < -0.4 is 5.32 Å². The molecule has 1 aliphatic carbocycles. The third kappa shape index (κ3) is 7.29. The van der Waals surface area contributed by atoms with Crippen LogP contribution in [-0.4, -0.2) is 11.7 Å². The number of nitriles is 1. The second-order valence-corrected chi connectivity index (χ2v) is 8.96. The van der Waals surface area contributed by atoms with Gasteiger partial charge in [-0.3, -0.25) is 9.59 Å². The van der Waals surface area contributed by atoms with Gasteiger partial charge in [-0.1, -0.05) is 51.5 Å². The zero-order valence-corrected chi connectivity index (χ0v) is 20.8. The molecule has 0 atom stereocenters. The molecular weight excluding hydrogens is 408 g/mol. The predicted octanol–water partition coefficient (Wildman–Crippen LogP) is 7.04. The standard InChI is InChI=1S/C18H24N2O.C11H14O/c1-3-13-5-7-15(8-6-13)18(21)20-17-10-9-14(4-2)16(11-17)12-19;1-4-10-8(2)6-5-7-11(10)9(3)12/h9-11,13,15H,3-8H2,1-2H3,(H,20,21);5-7H,4H2,1-3H3. The Morgan fingerprint density at radius 2 is 1.73 bits per heavy atom. The van der Waals surface area contributed by atoms with Crippen LogP contribution in [0.2, 0.25) is 0 Å². The molecule has 1 amide bonds. The van der Waals surface area contributed by atoms with Gasteiger partial charge >= 0.3 is 0 Å². The summed E-state index contributed by atoms with van der Waals surface area (Å²) < 4.78 is 0. The molecular formula is C29H38N2O2. The van der Waals surface area contributed by atoms with Gasteiger partial charge in [0.1, 0.15) is 0 Å². The fourth-order valence-electron chi connectivity index (χ4n) is 4.65. The van der Waals surface area contributed by atoms with Crippen LogP contribution in [0.25, 0.3) is 0 Å². The molecule has 4 nitrogen and oxygen atoms in total. The van der Waals surface area contributed by atoms with Gasteiger partial charge in [0.25, 0.3) is 0 Å². The molecule has 0 spiro atoms. The van der Waals surface area contributed by atoms with Crippen molar-refractivity contribution in [3.63, 3.8) is 0 Å². The molecule has 0 heterocycles. The van der Waals surface area contributed by atoms with E-state index >= 15 is 0 Å². The Morgan fingerprint density at radius 1 is 1.03 bits per heavy atom. The van der Waals surface area contributed by atoms with Gasteiger partial charge in [-0.25, -0.2) is 0 Å². The number of hydrogen-bond acceptors (Lipinski definition) is 3. The number of carbonyl (C=O) groups excluding carboxylic acids is 2. The van der Waals surface area contributed by atoms with E-state index < -0.39 is 0 Å². The van der Waals surface area contributed by atoms with E-state index in [9.17, 15) is 9.59 Å². The highest BCUT2D eigenvalue weighted by Gasteiger charge is 2.25. The number of ketones is 1. The topological polar surface area (TPSA) is 70.0 Å². The van der Waals surface area contributed by atoms with Crippen LogP contribution >= 0.6 is 0 Å². The van der Waals surface area contributed by atoms with E-state index in [-0.39, 0.29) is 17.6 Å². The number of nitrogens with zero attached hydrogens (tertiary/aromatic N) is 1. The molecule has 0 aliphatic heterocycles. The van der Waals surface area contributed by atoms with E-state index in [4.69, 9.17) is 5.26 Å². The second kappa shape index (κ2) is 12.9. The first-order valence-electron chi connectivity index (χ1n) is 12.3. The summed E-state index contributed by atoms with van der Waals surface area (Å²) in [5.74, 6) is 1.19. The van der Waals surface area contributed by atoms with Crippen molar-refractivity contribution >= 4 is 17.4 Å². The molecule has 1 saturated carbocycles. The smallest absolute Gasteiger partial charge is 0.227 e. The highest BCUT2D eigenvalue weighted by Crippen LogP contribution is 2.31. The lowest BCUT2D eigenvalue weighted by Crippen LogP contribution is -2.27. The minimum absolute atomic E-state index is 0.109. The number of anilines is 1. The zero-order valence-electron chi connectivity index (χ0n) is 20.8. The van der Waals surface area contributed by atoms with Crippen LogP contribution in [0.5, 0.6) is 0 Å². The summed E-state index contributed by atoms with van der Waals surface area (Å²) in [6, 6.07) is 13.7. The summed E-state index contributed by atoms with van der Waals surface area (Å²) in [5, 5.41) is 12.1. The summed E-state index contributed by atoms with van der Waals surface area (Å²) in [4.78, 5) is 23.5. The fraction of sp³-hybridized carbons (Fsp3) is 0.483. The van der Waals surface area contributed by atoms with Crippen LogP contribution in [-0.2, 0) is 17.6 Å².